The van der Waals surface area contributed by atoms with E-state index in [0.717, 1.165) is 36.0 Å². The molecule has 0 aliphatic carbocycles. The Bertz CT molecular complexity index is 600. The number of H-pyrrole nitrogens is 1. The number of aromatic nitrogens is 1. The quantitative estimate of drug-likeness (QED) is 0.879. The fraction of sp³-hybridized carbons (Fsp3) is 0.438. The van der Waals surface area contributed by atoms with Crippen molar-refractivity contribution in [2.75, 3.05) is 13.1 Å². The highest BCUT2D eigenvalue weighted by Crippen LogP contribution is 2.26. The van der Waals surface area contributed by atoms with Gasteiger partial charge >= 0.3 is 0 Å². The number of likely N-dealkylation sites (tertiary alicyclic amines) is 1. The van der Waals surface area contributed by atoms with Crippen LogP contribution in [-0.2, 0) is 0 Å². The molecule has 0 spiro atoms. The smallest absolute Gasteiger partial charge is 0.254 e. The first kappa shape index (κ1) is 12.3. The zero-order valence-electron chi connectivity index (χ0n) is 11.5. The van der Waals surface area contributed by atoms with Crippen molar-refractivity contribution in [3.63, 3.8) is 0 Å². The molecule has 1 amide bonds. The van der Waals surface area contributed by atoms with Gasteiger partial charge in [-0.05, 0) is 36.5 Å². The number of rotatable bonds is 2. The average Bonchev–Trinajstić information content (AvgIpc) is 3.06. The highest BCUT2D eigenvalue weighted by atomic mass is 16.2. The van der Waals surface area contributed by atoms with E-state index < -0.39 is 0 Å². The molecule has 0 bridgehead atoms. The molecule has 1 saturated heterocycles. The van der Waals surface area contributed by atoms with Crippen molar-refractivity contribution in [3.8, 4) is 0 Å². The second-order valence-corrected chi connectivity index (χ2v) is 5.79. The van der Waals surface area contributed by atoms with Gasteiger partial charge in [0.2, 0.25) is 0 Å². The van der Waals surface area contributed by atoms with Gasteiger partial charge in [0, 0.05) is 35.8 Å². The Morgan fingerprint density at radius 3 is 2.95 bits per heavy atom. The van der Waals surface area contributed by atoms with Crippen molar-refractivity contribution in [1.29, 1.82) is 0 Å². The summed E-state index contributed by atoms with van der Waals surface area (Å²) in [4.78, 5) is 17.8. The van der Waals surface area contributed by atoms with E-state index in [4.69, 9.17) is 0 Å². The number of hydrogen-bond donors (Lipinski definition) is 1. The number of hydrogen-bond acceptors (Lipinski definition) is 1. The number of benzene rings is 1. The van der Waals surface area contributed by atoms with Gasteiger partial charge in [-0.2, -0.15) is 0 Å². The molecular weight excluding hydrogens is 236 g/mol. The zero-order valence-corrected chi connectivity index (χ0v) is 11.5. The van der Waals surface area contributed by atoms with Gasteiger partial charge in [-0.25, -0.2) is 0 Å². The summed E-state index contributed by atoms with van der Waals surface area (Å²) in [5.74, 6) is 1.48. The third-order valence-corrected chi connectivity index (χ3v) is 4.28. The number of carbonyl (C=O) groups excluding carboxylic acids is 1. The van der Waals surface area contributed by atoms with Crippen LogP contribution in [0.4, 0.5) is 0 Å². The molecular formula is C16H20N2O. The minimum absolute atomic E-state index is 0.174. The second kappa shape index (κ2) is 4.72. The van der Waals surface area contributed by atoms with Crippen LogP contribution in [0, 0.1) is 11.8 Å². The Morgan fingerprint density at radius 1 is 1.37 bits per heavy atom. The lowest BCUT2D eigenvalue weighted by molar-refractivity contribution is 0.0786. The monoisotopic (exact) mass is 256 g/mol. The molecule has 100 valence electrons. The summed E-state index contributed by atoms with van der Waals surface area (Å²) < 4.78 is 0. The maximum absolute atomic E-state index is 12.6. The Kier molecular flexibility index (Phi) is 3.05. The van der Waals surface area contributed by atoms with Crippen LogP contribution in [0.25, 0.3) is 10.9 Å². The fourth-order valence-electron chi connectivity index (χ4n) is 2.96. The Hall–Kier alpha value is -1.77. The predicted octanol–water partition coefficient (Wildman–Crippen LogP) is 3.29. The van der Waals surface area contributed by atoms with Crippen molar-refractivity contribution in [1.82, 2.24) is 9.88 Å². The highest BCUT2D eigenvalue weighted by Gasteiger charge is 2.29. The maximum atomic E-state index is 12.6. The van der Waals surface area contributed by atoms with E-state index in [9.17, 15) is 4.79 Å². The van der Waals surface area contributed by atoms with E-state index in [1.807, 2.05) is 35.4 Å². The van der Waals surface area contributed by atoms with Crippen LogP contribution < -0.4 is 0 Å². The van der Waals surface area contributed by atoms with Crippen LogP contribution in [0.3, 0.4) is 0 Å². The van der Waals surface area contributed by atoms with Gasteiger partial charge in [0.1, 0.15) is 0 Å². The molecule has 3 rings (SSSR count). The summed E-state index contributed by atoms with van der Waals surface area (Å²) in [7, 11) is 0. The van der Waals surface area contributed by atoms with Crippen LogP contribution in [0.15, 0.2) is 30.5 Å². The second-order valence-electron chi connectivity index (χ2n) is 5.79. The maximum Gasteiger partial charge on any atom is 0.254 e. The molecule has 3 nitrogen and oxygen atoms in total. The minimum atomic E-state index is 0.174. The summed E-state index contributed by atoms with van der Waals surface area (Å²) in [6.07, 6.45) is 3.02. The van der Waals surface area contributed by atoms with E-state index in [-0.39, 0.29) is 5.91 Å². The van der Waals surface area contributed by atoms with Crippen LogP contribution >= 0.6 is 0 Å². The first-order valence-electron chi connectivity index (χ1n) is 7.02. The van der Waals surface area contributed by atoms with Crippen molar-refractivity contribution < 1.29 is 4.79 Å². The van der Waals surface area contributed by atoms with Crippen molar-refractivity contribution >= 4 is 16.8 Å². The van der Waals surface area contributed by atoms with E-state index in [1.54, 1.807) is 0 Å². The summed E-state index contributed by atoms with van der Waals surface area (Å²) in [6.45, 7) is 6.27. The number of nitrogens with zero attached hydrogens (tertiary/aromatic N) is 1. The third-order valence-electron chi connectivity index (χ3n) is 4.28. The Labute approximate surface area is 113 Å². The molecule has 19 heavy (non-hydrogen) atoms. The summed E-state index contributed by atoms with van der Waals surface area (Å²) >= 11 is 0. The fourth-order valence-corrected chi connectivity index (χ4v) is 2.96. The normalized spacial score (nSPS) is 19.5. The molecule has 1 N–H and O–H groups in total. The molecule has 2 aromatic rings. The lowest BCUT2D eigenvalue weighted by Gasteiger charge is -2.18. The molecule has 1 aliphatic rings. The van der Waals surface area contributed by atoms with E-state index >= 15 is 0 Å². The highest BCUT2D eigenvalue weighted by molar-refractivity contribution is 6.06. The van der Waals surface area contributed by atoms with Crippen LogP contribution in [0.2, 0.25) is 0 Å². The molecule has 3 heteroatoms. The van der Waals surface area contributed by atoms with Gasteiger partial charge in [0.25, 0.3) is 5.91 Å². The van der Waals surface area contributed by atoms with Gasteiger partial charge in [0.15, 0.2) is 0 Å². The van der Waals surface area contributed by atoms with Crippen molar-refractivity contribution in [2.45, 2.75) is 20.3 Å². The Morgan fingerprint density at radius 2 is 2.21 bits per heavy atom. The van der Waals surface area contributed by atoms with Crippen LogP contribution in [-0.4, -0.2) is 28.9 Å². The average molecular weight is 256 g/mol. The van der Waals surface area contributed by atoms with Gasteiger partial charge < -0.3 is 9.88 Å². The molecule has 2 heterocycles. The number of carbonyl (C=O) groups is 1. The first-order chi connectivity index (χ1) is 9.16. The van der Waals surface area contributed by atoms with E-state index in [1.165, 1.54) is 0 Å². The SMILES string of the molecule is CC(C)C1CCN(C(=O)c2cccc3[nH]ccc23)C1. The molecule has 0 saturated carbocycles. The van der Waals surface area contributed by atoms with Gasteiger partial charge in [0.05, 0.1) is 0 Å². The standard InChI is InChI=1S/C16H20N2O/c1-11(2)12-7-9-18(10-12)16(19)14-4-3-5-15-13(14)6-8-17-15/h3-6,8,11-12,17H,7,9-10H2,1-2H3. The van der Waals surface area contributed by atoms with E-state index in [2.05, 4.69) is 18.8 Å². The van der Waals surface area contributed by atoms with Gasteiger partial charge in [-0.3, -0.25) is 4.79 Å². The molecule has 1 aliphatic heterocycles. The van der Waals surface area contributed by atoms with Crippen molar-refractivity contribution in [2.24, 2.45) is 11.8 Å². The largest absolute Gasteiger partial charge is 0.361 e. The van der Waals surface area contributed by atoms with E-state index in [0.29, 0.717) is 11.8 Å². The number of aromatic amines is 1. The summed E-state index contributed by atoms with van der Waals surface area (Å²) in [5.41, 5.74) is 1.86. The summed E-state index contributed by atoms with van der Waals surface area (Å²) in [5, 5.41) is 1.03. The minimum Gasteiger partial charge on any atom is -0.361 e. The van der Waals surface area contributed by atoms with Crippen LogP contribution in [0.5, 0.6) is 0 Å². The summed E-state index contributed by atoms with van der Waals surface area (Å²) in [6, 6.07) is 7.87. The third kappa shape index (κ3) is 2.14. The predicted molar refractivity (Wildman–Crippen MR) is 77.1 cm³/mol. The molecule has 1 aromatic carbocycles. The number of fused-ring (bicyclic) bond motifs is 1. The van der Waals surface area contributed by atoms with Crippen LogP contribution in [0.1, 0.15) is 30.6 Å². The van der Waals surface area contributed by atoms with Crippen molar-refractivity contribution in [3.05, 3.63) is 36.0 Å². The lowest BCUT2D eigenvalue weighted by Crippen LogP contribution is -2.29. The van der Waals surface area contributed by atoms with Gasteiger partial charge in [-0.1, -0.05) is 19.9 Å². The molecule has 1 atom stereocenters. The number of amides is 1. The van der Waals surface area contributed by atoms with Gasteiger partial charge in [-0.15, -0.1) is 0 Å². The molecule has 0 radical (unpaired) electrons. The first-order valence-corrected chi connectivity index (χ1v) is 7.02. The molecule has 1 fully saturated rings. The topological polar surface area (TPSA) is 36.1 Å². The zero-order chi connectivity index (χ0) is 13.4. The number of nitrogens with one attached hydrogen (secondary N) is 1. The lowest BCUT2D eigenvalue weighted by atomic mass is 9.95. The molecule has 1 unspecified atom stereocenters. The Balaban J connectivity index is 1.87. The molecule has 1 aromatic heterocycles.